The highest BCUT2D eigenvalue weighted by atomic mass is 35.5. The molecule has 1 amide bonds. The van der Waals surface area contributed by atoms with E-state index in [1.165, 1.54) is 25.6 Å². The average Bonchev–Trinajstić information content (AvgIpc) is 3.19. The third-order valence-electron chi connectivity index (χ3n) is 5.44. The molecule has 2 heterocycles. The number of amides is 1. The zero-order chi connectivity index (χ0) is 22.7. The molecule has 0 aliphatic carbocycles. The van der Waals surface area contributed by atoms with Crippen LogP contribution in [-0.4, -0.2) is 47.5 Å². The van der Waals surface area contributed by atoms with Crippen LogP contribution in [0.3, 0.4) is 0 Å². The molecular formula is C23H23ClFN5O2. The van der Waals surface area contributed by atoms with Crippen molar-refractivity contribution in [2.75, 3.05) is 31.3 Å². The lowest BCUT2D eigenvalue weighted by atomic mass is 10.1. The van der Waals surface area contributed by atoms with Crippen molar-refractivity contribution in [3.63, 3.8) is 0 Å². The van der Waals surface area contributed by atoms with Crippen molar-refractivity contribution >= 4 is 45.6 Å². The first-order chi connectivity index (χ1) is 15.4. The minimum Gasteiger partial charge on any atom is -0.494 e. The number of hydrogen-bond donors (Lipinski definition) is 2. The van der Waals surface area contributed by atoms with Gasteiger partial charge in [-0.2, -0.15) is 0 Å². The van der Waals surface area contributed by atoms with Crippen molar-refractivity contribution < 1.29 is 13.9 Å². The minimum absolute atomic E-state index is 0.00248. The molecule has 1 fully saturated rings. The van der Waals surface area contributed by atoms with Gasteiger partial charge < -0.3 is 15.4 Å². The van der Waals surface area contributed by atoms with Gasteiger partial charge in [0.15, 0.2) is 0 Å². The Balaban J connectivity index is 1.62. The molecule has 32 heavy (non-hydrogen) atoms. The molecule has 1 atom stereocenters. The fourth-order valence-electron chi connectivity index (χ4n) is 3.71. The van der Waals surface area contributed by atoms with Crippen molar-refractivity contribution in [3.8, 4) is 5.75 Å². The van der Waals surface area contributed by atoms with Crippen LogP contribution >= 0.6 is 11.6 Å². The number of fused-ring (bicyclic) bond motifs is 1. The summed E-state index contributed by atoms with van der Waals surface area (Å²) in [5.41, 5.74) is 1.68. The number of aromatic nitrogens is 2. The Hall–Kier alpha value is -3.23. The van der Waals surface area contributed by atoms with E-state index in [1.54, 1.807) is 24.3 Å². The SMILES string of the molecule is COc1cc2ncnc(Nc3ccc(F)c(Cl)c3)c2cc1NC(=O)/C=C/[C@H]1CCCN1C. The van der Waals surface area contributed by atoms with Crippen LogP contribution in [0.4, 0.5) is 21.6 Å². The molecule has 0 saturated carbocycles. The fraction of sp³-hybridized carbons (Fsp3) is 0.261. The predicted octanol–water partition coefficient (Wildman–Crippen LogP) is 4.76. The highest BCUT2D eigenvalue weighted by Crippen LogP contribution is 2.33. The molecule has 1 aliphatic rings. The first-order valence-corrected chi connectivity index (χ1v) is 10.6. The van der Waals surface area contributed by atoms with Gasteiger partial charge in [0.2, 0.25) is 5.91 Å². The summed E-state index contributed by atoms with van der Waals surface area (Å²) >= 11 is 5.88. The maximum atomic E-state index is 13.5. The van der Waals surface area contributed by atoms with E-state index >= 15 is 0 Å². The standard InChI is InChI=1S/C23H23ClFN5O2/c1-30-9-3-4-15(30)6-8-22(31)29-20-11-16-19(12-21(20)32-2)26-13-27-23(16)28-14-5-7-18(25)17(24)10-14/h5-8,10-13,15H,3-4,9H2,1-2H3,(H,29,31)(H,26,27,28)/b8-6+/t15-/m1/s1. The highest BCUT2D eigenvalue weighted by molar-refractivity contribution is 6.31. The van der Waals surface area contributed by atoms with Crippen molar-refractivity contribution in [2.45, 2.75) is 18.9 Å². The number of carbonyl (C=O) groups is 1. The van der Waals surface area contributed by atoms with Gasteiger partial charge >= 0.3 is 0 Å². The Morgan fingerprint density at radius 1 is 1.31 bits per heavy atom. The number of ether oxygens (including phenoxy) is 1. The number of benzene rings is 2. The summed E-state index contributed by atoms with van der Waals surface area (Å²) in [7, 11) is 3.58. The van der Waals surface area contributed by atoms with Crippen LogP contribution in [0.25, 0.3) is 10.9 Å². The summed E-state index contributed by atoms with van der Waals surface area (Å²) in [4.78, 5) is 23.4. The van der Waals surface area contributed by atoms with Crippen LogP contribution in [0.15, 0.2) is 48.8 Å². The molecule has 1 aliphatic heterocycles. The quantitative estimate of drug-likeness (QED) is 0.521. The van der Waals surface area contributed by atoms with Crippen LogP contribution in [-0.2, 0) is 4.79 Å². The number of likely N-dealkylation sites (tertiary alicyclic amines) is 1. The lowest BCUT2D eigenvalue weighted by molar-refractivity contribution is -0.111. The third kappa shape index (κ3) is 4.81. The molecule has 1 saturated heterocycles. The summed E-state index contributed by atoms with van der Waals surface area (Å²) in [6.45, 7) is 1.03. The zero-order valence-corrected chi connectivity index (χ0v) is 18.5. The number of halogens is 2. The summed E-state index contributed by atoms with van der Waals surface area (Å²) in [6, 6.07) is 8.05. The molecule has 9 heteroatoms. The second kappa shape index (κ2) is 9.50. The number of nitrogens with zero attached hydrogens (tertiary/aromatic N) is 3. The van der Waals surface area contributed by atoms with Crippen LogP contribution in [0.1, 0.15) is 12.8 Å². The summed E-state index contributed by atoms with van der Waals surface area (Å²) in [6.07, 6.45) is 7.05. The molecule has 4 rings (SSSR count). The molecule has 7 nitrogen and oxygen atoms in total. The van der Waals surface area contributed by atoms with Crippen molar-refractivity contribution in [2.24, 2.45) is 0 Å². The number of hydrogen-bond acceptors (Lipinski definition) is 6. The number of anilines is 3. The van der Waals surface area contributed by atoms with Gasteiger partial charge in [0.1, 0.15) is 23.7 Å². The number of carbonyl (C=O) groups excluding carboxylic acids is 1. The van der Waals surface area contributed by atoms with E-state index in [2.05, 4.69) is 32.5 Å². The van der Waals surface area contributed by atoms with E-state index < -0.39 is 5.82 Å². The van der Waals surface area contributed by atoms with Crippen molar-refractivity contribution in [1.82, 2.24) is 14.9 Å². The number of rotatable bonds is 6. The molecule has 1 aromatic heterocycles. The van der Waals surface area contributed by atoms with Gasteiger partial charge in [0, 0.05) is 29.3 Å². The second-order valence-electron chi connectivity index (χ2n) is 7.58. The molecular weight excluding hydrogens is 433 g/mol. The molecule has 3 aromatic rings. The summed E-state index contributed by atoms with van der Waals surface area (Å²) in [5, 5.41) is 6.66. The summed E-state index contributed by atoms with van der Waals surface area (Å²) < 4.78 is 18.9. The smallest absolute Gasteiger partial charge is 0.248 e. The Labute approximate surface area is 190 Å². The van der Waals surface area contributed by atoms with Crippen LogP contribution < -0.4 is 15.4 Å². The van der Waals surface area contributed by atoms with Crippen molar-refractivity contribution in [1.29, 1.82) is 0 Å². The Morgan fingerprint density at radius 2 is 2.16 bits per heavy atom. The van der Waals surface area contributed by atoms with Crippen LogP contribution in [0, 0.1) is 5.82 Å². The Morgan fingerprint density at radius 3 is 2.88 bits per heavy atom. The number of methoxy groups -OCH3 is 1. The number of likely N-dealkylation sites (N-methyl/N-ethyl adjacent to an activating group) is 1. The Kier molecular flexibility index (Phi) is 6.53. The predicted molar refractivity (Wildman–Crippen MR) is 124 cm³/mol. The molecule has 166 valence electrons. The maximum Gasteiger partial charge on any atom is 0.248 e. The fourth-order valence-corrected chi connectivity index (χ4v) is 3.89. The highest BCUT2D eigenvalue weighted by Gasteiger charge is 2.18. The van der Waals surface area contributed by atoms with E-state index in [-0.39, 0.29) is 17.0 Å². The maximum absolute atomic E-state index is 13.5. The van der Waals surface area contributed by atoms with Gasteiger partial charge in [-0.25, -0.2) is 14.4 Å². The normalized spacial score (nSPS) is 16.6. The lowest BCUT2D eigenvalue weighted by Crippen LogP contribution is -2.23. The average molecular weight is 456 g/mol. The van der Waals surface area contributed by atoms with E-state index in [0.717, 1.165) is 19.4 Å². The molecule has 2 N–H and O–H groups in total. The van der Waals surface area contributed by atoms with Crippen LogP contribution in [0.2, 0.25) is 5.02 Å². The first kappa shape index (κ1) is 22.0. The molecule has 0 bridgehead atoms. The van der Waals surface area contributed by atoms with Crippen molar-refractivity contribution in [3.05, 3.63) is 59.7 Å². The zero-order valence-electron chi connectivity index (χ0n) is 17.7. The van der Waals surface area contributed by atoms with E-state index in [9.17, 15) is 9.18 Å². The Bertz CT molecular complexity index is 1190. The molecule has 0 radical (unpaired) electrons. The topological polar surface area (TPSA) is 79.4 Å². The lowest BCUT2D eigenvalue weighted by Gasteiger charge is -2.15. The third-order valence-corrected chi connectivity index (χ3v) is 5.73. The first-order valence-electron chi connectivity index (χ1n) is 10.2. The summed E-state index contributed by atoms with van der Waals surface area (Å²) in [5.74, 6) is 0.210. The van der Waals surface area contributed by atoms with Gasteiger partial charge in [-0.1, -0.05) is 17.7 Å². The molecule has 2 aromatic carbocycles. The minimum atomic E-state index is -0.503. The molecule has 0 spiro atoms. The van der Waals surface area contributed by atoms with Crippen LogP contribution in [0.5, 0.6) is 5.75 Å². The van der Waals surface area contributed by atoms with Gasteiger partial charge in [0.05, 0.1) is 23.3 Å². The molecule has 0 unspecified atom stereocenters. The van der Waals surface area contributed by atoms with E-state index in [0.29, 0.717) is 33.8 Å². The second-order valence-corrected chi connectivity index (χ2v) is 7.99. The largest absolute Gasteiger partial charge is 0.494 e. The van der Waals surface area contributed by atoms with E-state index in [4.69, 9.17) is 16.3 Å². The van der Waals surface area contributed by atoms with Gasteiger partial charge in [-0.05, 0) is 50.7 Å². The van der Waals surface area contributed by atoms with Gasteiger partial charge in [-0.3, -0.25) is 9.69 Å². The van der Waals surface area contributed by atoms with Gasteiger partial charge in [-0.15, -0.1) is 0 Å². The van der Waals surface area contributed by atoms with Gasteiger partial charge in [0.25, 0.3) is 0 Å². The monoisotopic (exact) mass is 455 g/mol. The number of nitrogens with one attached hydrogen (secondary N) is 2. The van der Waals surface area contributed by atoms with E-state index in [1.807, 2.05) is 6.08 Å².